The van der Waals surface area contributed by atoms with Crippen LogP contribution in [0, 0.1) is 11.3 Å². The van der Waals surface area contributed by atoms with Crippen LogP contribution < -0.4 is 10.1 Å². The Hall–Kier alpha value is -2.35. The van der Waals surface area contributed by atoms with Gasteiger partial charge in [0.25, 0.3) is 0 Å². The van der Waals surface area contributed by atoms with Crippen LogP contribution in [-0.2, 0) is 18.4 Å². The number of thioether (sulfide) groups is 1. The average Bonchev–Trinajstić information content (AvgIpc) is 3.26. The first-order valence-electron chi connectivity index (χ1n) is 7.73. The van der Waals surface area contributed by atoms with Crippen LogP contribution in [0.5, 0.6) is 5.75 Å². The van der Waals surface area contributed by atoms with E-state index in [9.17, 15) is 4.79 Å². The van der Waals surface area contributed by atoms with Crippen LogP contribution in [0.15, 0.2) is 45.3 Å². The molecule has 138 valence electrons. The van der Waals surface area contributed by atoms with Gasteiger partial charge in [-0.3, -0.25) is 4.79 Å². The number of aromatic nitrogens is 3. The molecule has 0 saturated heterocycles. The molecule has 0 spiro atoms. The highest BCUT2D eigenvalue weighted by Gasteiger charge is 2.13. The summed E-state index contributed by atoms with van der Waals surface area (Å²) in [5, 5.41) is 22.9. The van der Waals surface area contributed by atoms with E-state index in [-0.39, 0.29) is 18.3 Å². The molecule has 0 aliphatic carbocycles. The van der Waals surface area contributed by atoms with E-state index < -0.39 is 0 Å². The Kier molecular flexibility index (Phi) is 6.49. The summed E-state index contributed by atoms with van der Waals surface area (Å²) in [4.78, 5) is 12.1. The second-order valence-corrected chi connectivity index (χ2v) is 8.09. The second kappa shape index (κ2) is 9.03. The van der Waals surface area contributed by atoms with Gasteiger partial charge in [0.05, 0.1) is 11.3 Å². The van der Waals surface area contributed by atoms with Crippen molar-refractivity contribution in [3.63, 3.8) is 0 Å². The van der Waals surface area contributed by atoms with E-state index in [0.717, 1.165) is 10.2 Å². The van der Waals surface area contributed by atoms with Crippen LogP contribution in [-0.4, -0.2) is 26.4 Å². The van der Waals surface area contributed by atoms with Crippen molar-refractivity contribution in [3.8, 4) is 11.8 Å². The standard InChI is InChI=1S/C17H14BrN5O2S2/c1-23-14(9-25-13-4-2-12(18)3-5-13)21-22-17(23)27-10-15(24)20-16-11(8-19)6-7-26-16/h2-7H,9-10H2,1H3,(H,20,24). The van der Waals surface area contributed by atoms with Crippen molar-refractivity contribution in [2.24, 2.45) is 7.05 Å². The molecular formula is C17H14BrN5O2S2. The molecule has 27 heavy (non-hydrogen) atoms. The molecule has 0 unspecified atom stereocenters. The van der Waals surface area contributed by atoms with E-state index in [0.29, 0.717) is 21.5 Å². The molecule has 2 heterocycles. The third kappa shape index (κ3) is 5.09. The first-order chi connectivity index (χ1) is 13.1. The van der Waals surface area contributed by atoms with Gasteiger partial charge in [-0.2, -0.15) is 5.26 Å². The van der Waals surface area contributed by atoms with Gasteiger partial charge in [-0.25, -0.2) is 0 Å². The summed E-state index contributed by atoms with van der Waals surface area (Å²) in [5.74, 6) is 1.36. The number of hydrogen-bond donors (Lipinski definition) is 1. The molecule has 7 nitrogen and oxygen atoms in total. The third-order valence-electron chi connectivity index (χ3n) is 3.48. The summed E-state index contributed by atoms with van der Waals surface area (Å²) in [5.41, 5.74) is 0.462. The van der Waals surface area contributed by atoms with Crippen LogP contribution >= 0.6 is 39.0 Å². The largest absolute Gasteiger partial charge is 0.486 e. The molecule has 10 heteroatoms. The maximum atomic E-state index is 12.1. The fourth-order valence-corrected chi connectivity index (χ4v) is 3.81. The van der Waals surface area contributed by atoms with Crippen molar-refractivity contribution < 1.29 is 9.53 Å². The molecule has 2 aromatic heterocycles. The molecule has 1 aromatic carbocycles. The predicted octanol–water partition coefficient (Wildman–Crippen LogP) is 3.82. The summed E-state index contributed by atoms with van der Waals surface area (Å²) < 4.78 is 8.48. The SMILES string of the molecule is Cn1c(COc2ccc(Br)cc2)nnc1SCC(=O)Nc1sccc1C#N. The number of nitriles is 1. The Morgan fingerprint density at radius 1 is 1.37 bits per heavy atom. The molecule has 3 aromatic rings. The molecule has 3 rings (SSSR count). The molecule has 1 N–H and O–H groups in total. The molecule has 0 aliphatic heterocycles. The van der Waals surface area contributed by atoms with Gasteiger partial charge in [-0.1, -0.05) is 27.7 Å². The van der Waals surface area contributed by atoms with Gasteiger partial charge in [0.1, 0.15) is 23.4 Å². The number of rotatable bonds is 7. The number of carbonyl (C=O) groups excluding carboxylic acids is 1. The number of benzene rings is 1. The van der Waals surface area contributed by atoms with Crippen molar-refractivity contribution in [1.82, 2.24) is 14.8 Å². The summed E-state index contributed by atoms with van der Waals surface area (Å²) in [6.45, 7) is 0.276. The lowest BCUT2D eigenvalue weighted by Gasteiger charge is -2.07. The Labute approximate surface area is 172 Å². The van der Waals surface area contributed by atoms with Gasteiger partial charge in [0, 0.05) is 11.5 Å². The predicted molar refractivity (Wildman–Crippen MR) is 108 cm³/mol. The quantitative estimate of drug-likeness (QED) is 0.535. The molecule has 1 amide bonds. The molecule has 0 fully saturated rings. The lowest BCUT2D eigenvalue weighted by Crippen LogP contribution is -2.14. The van der Waals surface area contributed by atoms with Crippen LogP contribution in [0.2, 0.25) is 0 Å². The molecule has 0 saturated carbocycles. The van der Waals surface area contributed by atoms with E-state index in [4.69, 9.17) is 10.00 Å². The smallest absolute Gasteiger partial charge is 0.235 e. The number of halogens is 1. The van der Waals surface area contributed by atoms with Crippen molar-refractivity contribution in [1.29, 1.82) is 5.26 Å². The molecule has 0 radical (unpaired) electrons. The van der Waals surface area contributed by atoms with Gasteiger partial charge in [0.15, 0.2) is 11.0 Å². The number of carbonyl (C=O) groups is 1. The highest BCUT2D eigenvalue weighted by Crippen LogP contribution is 2.23. The summed E-state index contributed by atoms with van der Waals surface area (Å²) in [6.07, 6.45) is 0. The lowest BCUT2D eigenvalue weighted by molar-refractivity contribution is -0.113. The normalized spacial score (nSPS) is 10.4. The Morgan fingerprint density at radius 3 is 2.89 bits per heavy atom. The van der Waals surface area contributed by atoms with Crippen molar-refractivity contribution in [2.45, 2.75) is 11.8 Å². The summed E-state index contributed by atoms with van der Waals surface area (Å²) in [7, 11) is 1.83. The van der Waals surface area contributed by atoms with Gasteiger partial charge in [-0.15, -0.1) is 21.5 Å². The minimum Gasteiger partial charge on any atom is -0.486 e. The number of anilines is 1. The minimum absolute atomic E-state index is 0.169. The minimum atomic E-state index is -0.199. The van der Waals surface area contributed by atoms with Crippen molar-refractivity contribution >= 4 is 49.9 Å². The van der Waals surface area contributed by atoms with Gasteiger partial charge < -0.3 is 14.6 Å². The zero-order chi connectivity index (χ0) is 19.2. The van der Waals surface area contributed by atoms with E-state index >= 15 is 0 Å². The van der Waals surface area contributed by atoms with E-state index in [2.05, 4.69) is 31.4 Å². The molecular weight excluding hydrogens is 450 g/mol. The van der Waals surface area contributed by atoms with Crippen molar-refractivity contribution in [3.05, 3.63) is 51.6 Å². The number of hydrogen-bond acceptors (Lipinski definition) is 7. The summed E-state index contributed by atoms with van der Waals surface area (Å²) >= 11 is 5.97. The topological polar surface area (TPSA) is 92.8 Å². The molecule has 0 bridgehead atoms. The highest BCUT2D eigenvalue weighted by molar-refractivity contribution is 9.10. The molecule has 0 aliphatic rings. The number of nitrogens with zero attached hydrogens (tertiary/aromatic N) is 4. The average molecular weight is 464 g/mol. The highest BCUT2D eigenvalue weighted by atomic mass is 79.9. The van der Waals surface area contributed by atoms with E-state index in [1.807, 2.05) is 37.4 Å². The fourth-order valence-electron chi connectivity index (χ4n) is 2.06. The van der Waals surface area contributed by atoms with Crippen LogP contribution in [0.3, 0.4) is 0 Å². The van der Waals surface area contributed by atoms with E-state index in [1.54, 1.807) is 16.0 Å². The number of nitrogens with one attached hydrogen (secondary N) is 1. The van der Waals surface area contributed by atoms with Crippen molar-refractivity contribution in [2.75, 3.05) is 11.1 Å². The zero-order valence-corrected chi connectivity index (χ0v) is 17.4. The van der Waals surface area contributed by atoms with Crippen LogP contribution in [0.25, 0.3) is 0 Å². The Balaban J connectivity index is 1.53. The number of amides is 1. The van der Waals surface area contributed by atoms with Gasteiger partial charge >= 0.3 is 0 Å². The monoisotopic (exact) mass is 463 g/mol. The first-order valence-corrected chi connectivity index (χ1v) is 10.4. The van der Waals surface area contributed by atoms with Crippen LogP contribution in [0.4, 0.5) is 5.00 Å². The summed E-state index contributed by atoms with van der Waals surface area (Å²) in [6, 6.07) is 11.2. The number of thiophene rings is 1. The second-order valence-electron chi connectivity index (χ2n) is 5.31. The molecule has 0 atom stereocenters. The van der Waals surface area contributed by atoms with Gasteiger partial charge in [-0.05, 0) is 35.7 Å². The number of ether oxygens (including phenoxy) is 1. The zero-order valence-electron chi connectivity index (χ0n) is 14.2. The lowest BCUT2D eigenvalue weighted by atomic mass is 10.3. The first kappa shape index (κ1) is 19.4. The maximum Gasteiger partial charge on any atom is 0.235 e. The maximum absolute atomic E-state index is 12.1. The van der Waals surface area contributed by atoms with Crippen LogP contribution in [0.1, 0.15) is 11.4 Å². The Bertz CT molecular complexity index is 978. The van der Waals surface area contributed by atoms with Gasteiger partial charge in [0.2, 0.25) is 5.91 Å². The van der Waals surface area contributed by atoms with E-state index in [1.165, 1.54) is 23.1 Å². The fraction of sp³-hybridized carbons (Fsp3) is 0.176. The third-order valence-corrected chi connectivity index (χ3v) is 5.86. The Morgan fingerprint density at radius 2 is 2.15 bits per heavy atom.